The maximum atomic E-state index is 5.21. The van der Waals surface area contributed by atoms with E-state index in [4.69, 9.17) is 5.73 Å². The van der Waals surface area contributed by atoms with Gasteiger partial charge in [-0.2, -0.15) is 0 Å². The van der Waals surface area contributed by atoms with Crippen LogP contribution in [0.1, 0.15) is 5.56 Å². The largest absolute Gasteiger partial charge is 0.375 e. The fraction of sp³-hybridized carbons (Fsp3) is 0.125. The normalized spacial score (nSPS) is 9.33. The molecular formula is C8H11N3S. The summed E-state index contributed by atoms with van der Waals surface area (Å²) in [6, 6.07) is 9.99. The van der Waals surface area contributed by atoms with E-state index >= 15 is 0 Å². The highest BCUT2D eigenvalue weighted by Crippen LogP contribution is 1.95. The summed E-state index contributed by atoms with van der Waals surface area (Å²) in [6.07, 6.45) is 0. The minimum absolute atomic E-state index is 0.255. The minimum atomic E-state index is 0.255. The van der Waals surface area contributed by atoms with Crippen LogP contribution in [0.2, 0.25) is 0 Å². The summed E-state index contributed by atoms with van der Waals surface area (Å²) in [5.74, 6) is 0. The van der Waals surface area contributed by atoms with Gasteiger partial charge in [0.1, 0.15) is 0 Å². The number of nitrogens with one attached hydrogen (secondary N) is 2. The van der Waals surface area contributed by atoms with Crippen LogP contribution >= 0.6 is 12.2 Å². The summed E-state index contributed by atoms with van der Waals surface area (Å²) in [7, 11) is 0. The van der Waals surface area contributed by atoms with Crippen molar-refractivity contribution in [1.29, 1.82) is 0 Å². The third-order valence-electron chi connectivity index (χ3n) is 1.35. The second kappa shape index (κ2) is 4.69. The number of rotatable bonds is 3. The van der Waals surface area contributed by atoms with E-state index in [-0.39, 0.29) is 5.11 Å². The Morgan fingerprint density at radius 1 is 1.33 bits per heavy atom. The van der Waals surface area contributed by atoms with Gasteiger partial charge in [-0.3, -0.25) is 5.43 Å². The summed E-state index contributed by atoms with van der Waals surface area (Å²) in [5.41, 5.74) is 11.9. The van der Waals surface area contributed by atoms with Gasteiger partial charge in [-0.05, 0) is 17.8 Å². The topological polar surface area (TPSA) is 50.1 Å². The Labute approximate surface area is 76.9 Å². The molecule has 1 aromatic carbocycles. The van der Waals surface area contributed by atoms with Crippen molar-refractivity contribution in [1.82, 2.24) is 10.9 Å². The molecule has 0 aliphatic rings. The SMILES string of the molecule is NC(=S)NNCc1ccccc1. The van der Waals surface area contributed by atoms with Gasteiger partial charge in [0.05, 0.1) is 0 Å². The molecule has 0 saturated carbocycles. The van der Waals surface area contributed by atoms with Gasteiger partial charge in [0.25, 0.3) is 0 Å². The molecule has 4 N–H and O–H groups in total. The number of nitrogens with two attached hydrogens (primary N) is 1. The molecule has 0 atom stereocenters. The van der Waals surface area contributed by atoms with Crippen LogP contribution in [0.5, 0.6) is 0 Å². The number of hydrazine groups is 1. The summed E-state index contributed by atoms with van der Waals surface area (Å²) >= 11 is 4.62. The molecule has 0 aromatic heterocycles. The number of thiocarbonyl (C=S) groups is 1. The molecule has 0 aliphatic carbocycles. The molecule has 0 aliphatic heterocycles. The Bertz CT molecular complexity index is 248. The lowest BCUT2D eigenvalue weighted by Crippen LogP contribution is -2.40. The smallest absolute Gasteiger partial charge is 0.178 e. The Hall–Kier alpha value is -1.13. The van der Waals surface area contributed by atoms with E-state index < -0.39 is 0 Å². The van der Waals surface area contributed by atoms with Crippen molar-refractivity contribution in [2.45, 2.75) is 6.54 Å². The van der Waals surface area contributed by atoms with Gasteiger partial charge in [-0.1, -0.05) is 30.3 Å². The lowest BCUT2D eigenvalue weighted by Gasteiger charge is -2.05. The zero-order valence-electron chi connectivity index (χ0n) is 6.58. The van der Waals surface area contributed by atoms with Crippen molar-refractivity contribution < 1.29 is 0 Å². The van der Waals surface area contributed by atoms with Gasteiger partial charge in [0.15, 0.2) is 5.11 Å². The first kappa shape index (κ1) is 8.96. The lowest BCUT2D eigenvalue weighted by atomic mass is 10.2. The van der Waals surface area contributed by atoms with Crippen molar-refractivity contribution in [2.24, 2.45) is 5.73 Å². The molecule has 12 heavy (non-hydrogen) atoms. The zero-order valence-corrected chi connectivity index (χ0v) is 7.40. The molecule has 1 aromatic rings. The highest BCUT2D eigenvalue weighted by molar-refractivity contribution is 7.80. The zero-order chi connectivity index (χ0) is 8.81. The quantitative estimate of drug-likeness (QED) is 0.470. The lowest BCUT2D eigenvalue weighted by molar-refractivity contribution is 0.655. The van der Waals surface area contributed by atoms with Crippen LogP contribution in [0.4, 0.5) is 0 Å². The first-order valence-electron chi connectivity index (χ1n) is 3.61. The maximum absolute atomic E-state index is 5.21. The predicted octanol–water partition coefficient (Wildman–Crippen LogP) is 0.524. The average Bonchev–Trinajstić information content (AvgIpc) is 2.05. The monoisotopic (exact) mass is 181 g/mol. The maximum Gasteiger partial charge on any atom is 0.178 e. The van der Waals surface area contributed by atoms with E-state index in [2.05, 4.69) is 23.1 Å². The van der Waals surface area contributed by atoms with Crippen molar-refractivity contribution in [3.8, 4) is 0 Å². The average molecular weight is 181 g/mol. The third-order valence-corrected chi connectivity index (χ3v) is 1.45. The van der Waals surface area contributed by atoms with Crippen molar-refractivity contribution >= 4 is 17.3 Å². The standard InChI is InChI=1S/C8H11N3S/c9-8(12)11-10-6-7-4-2-1-3-5-7/h1-5,10H,6H2,(H3,9,11,12). The fourth-order valence-electron chi connectivity index (χ4n) is 0.829. The van der Waals surface area contributed by atoms with Crippen LogP contribution in [-0.4, -0.2) is 5.11 Å². The molecule has 64 valence electrons. The summed E-state index contributed by atoms with van der Waals surface area (Å²) in [5, 5.41) is 0.255. The van der Waals surface area contributed by atoms with Crippen molar-refractivity contribution in [3.05, 3.63) is 35.9 Å². The molecular weight excluding hydrogens is 170 g/mol. The summed E-state index contributed by atoms with van der Waals surface area (Å²) in [6.45, 7) is 0.707. The predicted molar refractivity (Wildman–Crippen MR) is 53.2 cm³/mol. The molecule has 0 unspecified atom stereocenters. The highest BCUT2D eigenvalue weighted by Gasteiger charge is 1.88. The van der Waals surface area contributed by atoms with Crippen LogP contribution in [0.15, 0.2) is 30.3 Å². The molecule has 0 saturated heterocycles. The van der Waals surface area contributed by atoms with E-state index in [9.17, 15) is 0 Å². The number of hydrogen-bond acceptors (Lipinski definition) is 2. The summed E-state index contributed by atoms with van der Waals surface area (Å²) < 4.78 is 0. The molecule has 3 nitrogen and oxygen atoms in total. The van der Waals surface area contributed by atoms with Gasteiger partial charge in [-0.15, -0.1) is 0 Å². The van der Waals surface area contributed by atoms with Gasteiger partial charge < -0.3 is 5.73 Å². The van der Waals surface area contributed by atoms with E-state index in [0.29, 0.717) is 6.54 Å². The van der Waals surface area contributed by atoms with Crippen LogP contribution in [0.3, 0.4) is 0 Å². The van der Waals surface area contributed by atoms with Crippen molar-refractivity contribution in [3.63, 3.8) is 0 Å². The van der Waals surface area contributed by atoms with Gasteiger partial charge in [0.2, 0.25) is 0 Å². The second-order valence-corrected chi connectivity index (χ2v) is 2.77. The van der Waals surface area contributed by atoms with E-state index in [1.165, 1.54) is 5.56 Å². The molecule has 0 radical (unpaired) electrons. The molecule has 0 amide bonds. The molecule has 0 fully saturated rings. The van der Waals surface area contributed by atoms with Gasteiger partial charge in [-0.25, -0.2) is 5.43 Å². The summed E-state index contributed by atoms with van der Waals surface area (Å²) in [4.78, 5) is 0. The first-order valence-corrected chi connectivity index (χ1v) is 4.02. The number of benzene rings is 1. The van der Waals surface area contributed by atoms with Gasteiger partial charge in [0, 0.05) is 6.54 Å². The van der Waals surface area contributed by atoms with Crippen LogP contribution in [0.25, 0.3) is 0 Å². The molecule has 1 rings (SSSR count). The molecule has 0 heterocycles. The highest BCUT2D eigenvalue weighted by atomic mass is 32.1. The first-order chi connectivity index (χ1) is 5.79. The minimum Gasteiger partial charge on any atom is -0.375 e. The Morgan fingerprint density at radius 3 is 2.58 bits per heavy atom. The molecule has 0 bridgehead atoms. The van der Waals surface area contributed by atoms with Crippen LogP contribution in [0, 0.1) is 0 Å². The molecule has 4 heteroatoms. The Morgan fingerprint density at radius 2 is 2.00 bits per heavy atom. The van der Waals surface area contributed by atoms with Crippen molar-refractivity contribution in [2.75, 3.05) is 0 Å². The fourth-order valence-corrected chi connectivity index (χ4v) is 0.901. The van der Waals surface area contributed by atoms with Gasteiger partial charge >= 0.3 is 0 Å². The Balaban J connectivity index is 2.29. The van der Waals surface area contributed by atoms with E-state index in [1.54, 1.807) is 0 Å². The number of hydrogen-bond donors (Lipinski definition) is 3. The van der Waals surface area contributed by atoms with Crippen LogP contribution in [-0.2, 0) is 6.54 Å². The second-order valence-electron chi connectivity index (χ2n) is 2.33. The van der Waals surface area contributed by atoms with Crippen LogP contribution < -0.4 is 16.6 Å². The Kier molecular flexibility index (Phi) is 3.50. The van der Waals surface area contributed by atoms with E-state index in [1.807, 2.05) is 30.3 Å². The molecule has 0 spiro atoms. The van der Waals surface area contributed by atoms with E-state index in [0.717, 1.165) is 0 Å². The third kappa shape index (κ3) is 3.32.